The quantitative estimate of drug-likeness (QED) is 0.558. The van der Waals surface area contributed by atoms with Gasteiger partial charge in [0.1, 0.15) is 24.3 Å². The number of aryl methyl sites for hydroxylation is 1. The number of halogens is 1. The molecule has 1 atom stereocenters. The van der Waals surface area contributed by atoms with Crippen LogP contribution in [0.15, 0.2) is 60.8 Å². The summed E-state index contributed by atoms with van der Waals surface area (Å²) in [6.45, 7) is 5.94. The smallest absolute Gasteiger partial charge is 0.148 e. The first-order chi connectivity index (χ1) is 16.0. The van der Waals surface area contributed by atoms with E-state index in [1.807, 2.05) is 42.2 Å². The standard InChI is InChI=1S/C27H28FN3O2/c1-3-17-33-22-10-8-21(9-11-22)19-30-13-15-31(16-14-30)26-23(5-4-6-24(26)28)27(32)25-12-7-20(2)18-29-25/h1,4-12,18,27,32H,13-17,19H2,2H3. The number of ether oxygens (including phenoxy) is 1. The van der Waals surface area contributed by atoms with E-state index in [0.717, 1.165) is 30.9 Å². The molecule has 0 bridgehead atoms. The van der Waals surface area contributed by atoms with Crippen molar-refractivity contribution >= 4 is 5.69 Å². The van der Waals surface area contributed by atoms with Gasteiger partial charge >= 0.3 is 0 Å². The van der Waals surface area contributed by atoms with Crippen molar-refractivity contribution in [3.63, 3.8) is 0 Å². The van der Waals surface area contributed by atoms with E-state index in [1.54, 1.807) is 24.4 Å². The van der Waals surface area contributed by atoms with E-state index in [-0.39, 0.29) is 12.4 Å². The number of nitrogens with zero attached hydrogens (tertiary/aromatic N) is 3. The Hall–Kier alpha value is -3.40. The molecular weight excluding hydrogens is 417 g/mol. The summed E-state index contributed by atoms with van der Waals surface area (Å²) >= 11 is 0. The fourth-order valence-electron chi connectivity index (χ4n) is 4.09. The van der Waals surface area contributed by atoms with Gasteiger partial charge in [-0.05, 0) is 42.3 Å². The third kappa shape index (κ3) is 5.51. The summed E-state index contributed by atoms with van der Waals surface area (Å²) < 4.78 is 20.4. The van der Waals surface area contributed by atoms with E-state index in [4.69, 9.17) is 11.2 Å². The van der Waals surface area contributed by atoms with Crippen LogP contribution in [0.3, 0.4) is 0 Å². The second-order valence-electron chi connectivity index (χ2n) is 8.24. The summed E-state index contributed by atoms with van der Waals surface area (Å²) in [6.07, 6.45) is 5.96. The van der Waals surface area contributed by atoms with E-state index in [0.29, 0.717) is 30.0 Å². The minimum Gasteiger partial charge on any atom is -0.481 e. The Balaban J connectivity index is 1.42. The van der Waals surface area contributed by atoms with Crippen LogP contribution in [0, 0.1) is 25.1 Å². The molecule has 0 saturated carbocycles. The summed E-state index contributed by atoms with van der Waals surface area (Å²) in [6, 6.07) is 16.5. The number of hydrogen-bond acceptors (Lipinski definition) is 5. The van der Waals surface area contributed by atoms with Gasteiger partial charge < -0.3 is 14.7 Å². The number of pyridine rings is 1. The molecule has 0 radical (unpaired) electrons. The number of anilines is 1. The molecule has 1 fully saturated rings. The van der Waals surface area contributed by atoms with Crippen molar-refractivity contribution < 1.29 is 14.2 Å². The van der Waals surface area contributed by atoms with Crippen molar-refractivity contribution in [2.24, 2.45) is 0 Å². The molecular formula is C27H28FN3O2. The van der Waals surface area contributed by atoms with Gasteiger partial charge in [0.05, 0.1) is 11.4 Å². The lowest BCUT2D eigenvalue weighted by atomic mass is 10.0. The zero-order valence-electron chi connectivity index (χ0n) is 18.7. The van der Waals surface area contributed by atoms with Crippen LogP contribution in [-0.2, 0) is 6.54 Å². The van der Waals surface area contributed by atoms with Gasteiger partial charge in [0.15, 0.2) is 0 Å². The molecule has 2 aromatic carbocycles. The number of aliphatic hydroxyl groups excluding tert-OH is 1. The highest BCUT2D eigenvalue weighted by Crippen LogP contribution is 2.33. The lowest BCUT2D eigenvalue weighted by molar-refractivity contribution is 0.213. The first-order valence-electron chi connectivity index (χ1n) is 11.1. The molecule has 1 saturated heterocycles. The van der Waals surface area contributed by atoms with Gasteiger partial charge in [0.25, 0.3) is 0 Å². The average Bonchev–Trinajstić information content (AvgIpc) is 2.84. The average molecular weight is 446 g/mol. The van der Waals surface area contributed by atoms with Crippen LogP contribution in [0.1, 0.15) is 28.5 Å². The number of piperazine rings is 1. The van der Waals surface area contributed by atoms with Gasteiger partial charge in [-0.1, -0.05) is 36.3 Å². The van der Waals surface area contributed by atoms with Gasteiger partial charge in [-0.15, -0.1) is 6.42 Å². The zero-order chi connectivity index (χ0) is 23.2. The van der Waals surface area contributed by atoms with Crippen molar-refractivity contribution in [2.45, 2.75) is 19.6 Å². The number of terminal acetylenes is 1. The summed E-state index contributed by atoms with van der Waals surface area (Å²) in [5.41, 5.74) is 3.71. The summed E-state index contributed by atoms with van der Waals surface area (Å²) in [5, 5.41) is 11.0. The molecule has 170 valence electrons. The molecule has 2 heterocycles. The summed E-state index contributed by atoms with van der Waals surface area (Å²) in [5.74, 6) is 2.89. The highest BCUT2D eigenvalue weighted by atomic mass is 19.1. The molecule has 1 aliphatic heterocycles. The fraction of sp³-hybridized carbons (Fsp3) is 0.296. The summed E-state index contributed by atoms with van der Waals surface area (Å²) in [4.78, 5) is 8.70. The van der Waals surface area contributed by atoms with Crippen LogP contribution in [0.2, 0.25) is 0 Å². The molecule has 0 amide bonds. The molecule has 0 spiro atoms. The van der Waals surface area contributed by atoms with Gasteiger partial charge in [0, 0.05) is 44.5 Å². The molecule has 1 aromatic heterocycles. The van der Waals surface area contributed by atoms with Crippen molar-refractivity contribution in [1.29, 1.82) is 0 Å². The molecule has 6 heteroatoms. The Kier molecular flexibility index (Phi) is 7.23. The van der Waals surface area contributed by atoms with E-state index in [9.17, 15) is 9.50 Å². The predicted molar refractivity (Wildman–Crippen MR) is 128 cm³/mol. The van der Waals surface area contributed by atoms with Gasteiger partial charge in [-0.3, -0.25) is 9.88 Å². The molecule has 5 nitrogen and oxygen atoms in total. The monoisotopic (exact) mass is 445 g/mol. The van der Waals surface area contributed by atoms with Crippen molar-refractivity contribution in [3.05, 3.63) is 89.0 Å². The van der Waals surface area contributed by atoms with Crippen molar-refractivity contribution in [3.8, 4) is 18.1 Å². The molecule has 3 aromatic rings. The Bertz CT molecular complexity index is 1100. The number of aromatic nitrogens is 1. The maximum absolute atomic E-state index is 14.9. The SMILES string of the molecule is C#CCOc1ccc(CN2CCN(c3c(F)cccc3C(O)c3ccc(C)cn3)CC2)cc1. The normalized spacial score (nSPS) is 15.2. The largest absolute Gasteiger partial charge is 0.481 e. The van der Waals surface area contributed by atoms with Crippen LogP contribution in [0.25, 0.3) is 0 Å². The second kappa shape index (κ2) is 10.5. The van der Waals surface area contributed by atoms with Gasteiger partial charge in [-0.25, -0.2) is 4.39 Å². The Morgan fingerprint density at radius 3 is 2.52 bits per heavy atom. The fourth-order valence-corrected chi connectivity index (χ4v) is 4.09. The number of aliphatic hydroxyl groups is 1. The first kappa shape index (κ1) is 22.8. The number of hydrogen-bond donors (Lipinski definition) is 1. The van der Waals surface area contributed by atoms with E-state index in [1.165, 1.54) is 11.6 Å². The van der Waals surface area contributed by atoms with Crippen molar-refractivity contribution in [1.82, 2.24) is 9.88 Å². The molecule has 0 aliphatic carbocycles. The first-order valence-corrected chi connectivity index (χ1v) is 11.1. The van der Waals surface area contributed by atoms with Crippen LogP contribution in [0.4, 0.5) is 10.1 Å². The second-order valence-corrected chi connectivity index (χ2v) is 8.24. The van der Waals surface area contributed by atoms with E-state index < -0.39 is 6.10 Å². The Labute approximate surface area is 194 Å². The van der Waals surface area contributed by atoms with Gasteiger partial charge in [-0.2, -0.15) is 0 Å². The molecule has 1 aliphatic rings. The molecule has 1 N–H and O–H groups in total. The van der Waals surface area contributed by atoms with E-state index in [2.05, 4.69) is 15.8 Å². The molecule has 33 heavy (non-hydrogen) atoms. The predicted octanol–water partition coefficient (Wildman–Crippen LogP) is 3.95. The maximum atomic E-state index is 14.9. The minimum atomic E-state index is -0.982. The number of benzene rings is 2. The minimum absolute atomic E-state index is 0.258. The summed E-state index contributed by atoms with van der Waals surface area (Å²) in [7, 11) is 0. The maximum Gasteiger partial charge on any atom is 0.148 e. The van der Waals surface area contributed by atoms with Crippen LogP contribution >= 0.6 is 0 Å². The van der Waals surface area contributed by atoms with E-state index >= 15 is 0 Å². The Morgan fingerprint density at radius 1 is 1.09 bits per heavy atom. The van der Waals surface area contributed by atoms with Crippen LogP contribution in [0.5, 0.6) is 5.75 Å². The third-order valence-electron chi connectivity index (χ3n) is 5.87. The van der Waals surface area contributed by atoms with Gasteiger partial charge in [0.2, 0.25) is 0 Å². The number of rotatable bonds is 7. The molecule has 1 unspecified atom stereocenters. The topological polar surface area (TPSA) is 48.8 Å². The zero-order valence-corrected chi connectivity index (χ0v) is 18.7. The molecule has 4 rings (SSSR count). The Morgan fingerprint density at radius 2 is 1.85 bits per heavy atom. The number of para-hydroxylation sites is 1. The van der Waals surface area contributed by atoms with Crippen molar-refractivity contribution in [2.75, 3.05) is 37.7 Å². The third-order valence-corrected chi connectivity index (χ3v) is 5.87. The lowest BCUT2D eigenvalue weighted by Gasteiger charge is -2.37. The lowest BCUT2D eigenvalue weighted by Crippen LogP contribution is -2.46. The van der Waals surface area contributed by atoms with Crippen LogP contribution in [-0.4, -0.2) is 47.8 Å². The highest BCUT2D eigenvalue weighted by molar-refractivity contribution is 5.57. The van der Waals surface area contributed by atoms with Crippen LogP contribution < -0.4 is 9.64 Å². The highest BCUT2D eigenvalue weighted by Gasteiger charge is 2.25.